The number of aromatic nitrogens is 2. The first-order valence-corrected chi connectivity index (χ1v) is 18.4. The highest BCUT2D eigenvalue weighted by molar-refractivity contribution is 7.36. The summed E-state index contributed by atoms with van der Waals surface area (Å²) in [5.74, 6) is 0.170. The van der Waals surface area contributed by atoms with E-state index in [4.69, 9.17) is 24.7 Å². The molecule has 0 amide bonds. The van der Waals surface area contributed by atoms with Crippen molar-refractivity contribution in [2.75, 3.05) is 52.4 Å². The molecule has 1 unspecified atom stereocenters. The number of rotatable bonds is 14. The molecular formula is C38H50N4O7P+. The molecule has 0 aliphatic carbocycles. The third kappa shape index (κ3) is 8.84. The lowest BCUT2D eigenvalue weighted by atomic mass is 9.80. The second kappa shape index (κ2) is 18.3. The summed E-state index contributed by atoms with van der Waals surface area (Å²) in [6.45, 7) is 12.2. The number of nitrogens with zero attached hydrogens (tertiary/aromatic N) is 2. The van der Waals surface area contributed by atoms with Gasteiger partial charge >= 0.3 is 13.7 Å². The predicted molar refractivity (Wildman–Crippen MR) is 193 cm³/mol. The quantitative estimate of drug-likeness (QED) is 0.148. The van der Waals surface area contributed by atoms with Gasteiger partial charge in [0.1, 0.15) is 23.3 Å². The third-order valence-corrected chi connectivity index (χ3v) is 10.1. The molecule has 3 N–H and O–H groups in total. The molecule has 1 saturated heterocycles. The summed E-state index contributed by atoms with van der Waals surface area (Å²) in [6, 6.07) is 27.2. The molecule has 2 heterocycles. The molecule has 12 heteroatoms. The molecule has 0 spiro atoms. The summed E-state index contributed by atoms with van der Waals surface area (Å²) < 4.78 is 38.0. The molecule has 3 aromatic carbocycles. The SMILES string of the molecule is CC[NH+](CC)CC.COc1ccc(C(OC[C@H]2O[C@@H](n3cc(C)c(N)nc3=O)[C@H](OC)[C@@H]2C[P+](=O)[O-])(c2ccccc2)c2ccccc2)cc1. The van der Waals surface area contributed by atoms with Crippen LogP contribution in [0.5, 0.6) is 5.75 Å². The van der Waals surface area contributed by atoms with E-state index in [1.807, 2.05) is 84.9 Å². The molecule has 0 radical (unpaired) electrons. The van der Waals surface area contributed by atoms with Crippen LogP contribution in [0.2, 0.25) is 0 Å². The molecule has 5 rings (SSSR count). The smallest absolute Gasteiger partial charge is 0.351 e. The van der Waals surface area contributed by atoms with E-state index in [-0.39, 0.29) is 18.6 Å². The van der Waals surface area contributed by atoms with Crippen LogP contribution in [-0.4, -0.2) is 68.4 Å². The average Bonchev–Trinajstić information content (AvgIpc) is 3.48. The fourth-order valence-electron chi connectivity index (χ4n) is 6.49. The van der Waals surface area contributed by atoms with Crippen LogP contribution >= 0.6 is 8.03 Å². The lowest BCUT2D eigenvalue weighted by molar-refractivity contribution is -0.894. The Labute approximate surface area is 295 Å². The van der Waals surface area contributed by atoms with Crippen molar-refractivity contribution < 1.29 is 33.3 Å². The van der Waals surface area contributed by atoms with E-state index in [1.165, 1.54) is 31.3 Å². The normalized spacial score (nSPS) is 19.2. The Bertz CT molecular complexity index is 1660. The van der Waals surface area contributed by atoms with Crippen LogP contribution in [0.15, 0.2) is 95.9 Å². The van der Waals surface area contributed by atoms with E-state index in [2.05, 4.69) is 25.8 Å². The minimum Gasteiger partial charge on any atom is -0.596 e. The lowest BCUT2D eigenvalue weighted by Gasteiger charge is -2.37. The third-order valence-electron chi connectivity index (χ3n) is 9.40. The molecule has 4 aromatic rings. The number of nitrogens with two attached hydrogens (primary N) is 1. The Balaban J connectivity index is 0.000000727. The number of methoxy groups -OCH3 is 2. The summed E-state index contributed by atoms with van der Waals surface area (Å²) in [6.07, 6.45) is -1.14. The van der Waals surface area contributed by atoms with Crippen molar-refractivity contribution in [2.24, 2.45) is 5.92 Å². The number of anilines is 1. The number of ether oxygens (including phenoxy) is 4. The Morgan fingerprint density at radius 1 is 0.920 bits per heavy atom. The molecule has 268 valence electrons. The molecule has 1 aromatic heterocycles. The van der Waals surface area contributed by atoms with Crippen LogP contribution in [0.1, 0.15) is 49.3 Å². The van der Waals surface area contributed by atoms with Gasteiger partial charge in [0.2, 0.25) is 0 Å². The Kier molecular flexibility index (Phi) is 14.2. The van der Waals surface area contributed by atoms with Crippen LogP contribution < -0.4 is 26.0 Å². The Morgan fingerprint density at radius 2 is 1.46 bits per heavy atom. The van der Waals surface area contributed by atoms with Crippen LogP contribution in [0.25, 0.3) is 0 Å². The number of benzene rings is 3. The van der Waals surface area contributed by atoms with Gasteiger partial charge in [-0.2, -0.15) is 4.98 Å². The lowest BCUT2D eigenvalue weighted by Crippen LogP contribution is -3.11. The first-order valence-electron chi connectivity index (χ1n) is 17.0. The van der Waals surface area contributed by atoms with Crippen LogP contribution in [-0.2, 0) is 24.4 Å². The standard InChI is InChI=1S/C32H34N3O7P.C6H15N/c1-21-18-35(31(36)34-29(21)33)30-28(40-3)26(20-43(37)38)27(42-30)19-41-32(22-10-6-4-7-11-22,23-12-8-5-9-13-23)24-14-16-25(39-2)17-15-24;1-4-7(5-2)6-3/h4-18,26-28,30H,19-20H2,1-3H3,(H2,33,34,36);4-6H2,1-3H3/p+1/t26-,27-,28-,30-;/m1./s1. The van der Waals surface area contributed by atoms with Crippen molar-refractivity contribution in [1.82, 2.24) is 9.55 Å². The van der Waals surface area contributed by atoms with Crippen molar-refractivity contribution in [3.63, 3.8) is 0 Å². The number of aryl methyl sites for hydroxylation is 1. The highest BCUT2D eigenvalue weighted by atomic mass is 31.1. The van der Waals surface area contributed by atoms with Gasteiger partial charge in [-0.1, -0.05) is 77.4 Å². The van der Waals surface area contributed by atoms with Crippen molar-refractivity contribution in [2.45, 2.75) is 51.7 Å². The Morgan fingerprint density at radius 3 is 1.92 bits per heavy atom. The van der Waals surface area contributed by atoms with E-state index >= 15 is 0 Å². The fourth-order valence-corrected chi connectivity index (χ4v) is 7.28. The maximum absolute atomic E-state index is 12.9. The van der Waals surface area contributed by atoms with E-state index in [0.29, 0.717) is 11.3 Å². The van der Waals surface area contributed by atoms with E-state index in [9.17, 15) is 14.3 Å². The van der Waals surface area contributed by atoms with Crippen LogP contribution in [0, 0.1) is 12.8 Å². The Hall–Kier alpha value is -3.96. The molecule has 1 fully saturated rings. The summed E-state index contributed by atoms with van der Waals surface area (Å²) in [5, 5.41) is 0. The summed E-state index contributed by atoms with van der Waals surface area (Å²) in [4.78, 5) is 30.5. The van der Waals surface area contributed by atoms with Gasteiger partial charge in [0.25, 0.3) is 0 Å². The van der Waals surface area contributed by atoms with Gasteiger partial charge in [0, 0.05) is 18.9 Å². The molecule has 1 aliphatic rings. The molecule has 0 bridgehead atoms. The minimum absolute atomic E-state index is 0.0177. The van der Waals surface area contributed by atoms with Gasteiger partial charge in [-0.3, -0.25) is 4.57 Å². The zero-order valence-electron chi connectivity index (χ0n) is 29.8. The van der Waals surface area contributed by atoms with Gasteiger partial charge in [-0.05, 0) is 56.5 Å². The molecule has 1 aliphatic heterocycles. The maximum atomic E-state index is 12.9. The average molecular weight is 706 g/mol. The van der Waals surface area contributed by atoms with E-state index < -0.39 is 43.7 Å². The van der Waals surface area contributed by atoms with Crippen molar-refractivity contribution in [1.29, 1.82) is 0 Å². The largest absolute Gasteiger partial charge is 0.596 e. The van der Waals surface area contributed by atoms with E-state index in [0.717, 1.165) is 16.7 Å². The predicted octanol–water partition coefficient (Wildman–Crippen LogP) is 3.71. The van der Waals surface area contributed by atoms with E-state index in [1.54, 1.807) is 25.1 Å². The highest BCUT2D eigenvalue weighted by Crippen LogP contribution is 2.44. The monoisotopic (exact) mass is 705 g/mol. The summed E-state index contributed by atoms with van der Waals surface area (Å²) in [5.41, 5.74) is 7.28. The van der Waals surface area contributed by atoms with Gasteiger partial charge in [0.15, 0.2) is 12.4 Å². The number of nitrogen functional groups attached to an aromatic ring is 1. The second-order valence-electron chi connectivity index (χ2n) is 12.2. The van der Waals surface area contributed by atoms with Crippen LogP contribution in [0.3, 0.4) is 0 Å². The first-order chi connectivity index (χ1) is 24.1. The number of quaternary nitrogens is 1. The first kappa shape index (κ1) is 38.8. The molecular weight excluding hydrogens is 655 g/mol. The molecule has 0 saturated carbocycles. The van der Waals surface area contributed by atoms with Crippen molar-refractivity contribution in [3.05, 3.63) is 124 Å². The summed E-state index contributed by atoms with van der Waals surface area (Å²) in [7, 11) is 0.268. The zero-order valence-corrected chi connectivity index (χ0v) is 30.7. The zero-order chi connectivity index (χ0) is 36.3. The second-order valence-corrected chi connectivity index (χ2v) is 13.2. The van der Waals surface area contributed by atoms with Gasteiger partial charge in [-0.25, -0.2) is 4.79 Å². The number of hydrogen-bond donors (Lipinski definition) is 2. The molecule has 5 atom stereocenters. The molecule has 11 nitrogen and oxygen atoms in total. The topological polar surface area (TPSA) is 142 Å². The van der Waals surface area contributed by atoms with Gasteiger partial charge in [0.05, 0.1) is 45.4 Å². The minimum atomic E-state index is -2.81. The maximum Gasteiger partial charge on any atom is 0.351 e. The van der Waals surface area contributed by atoms with Crippen LogP contribution in [0.4, 0.5) is 5.82 Å². The summed E-state index contributed by atoms with van der Waals surface area (Å²) >= 11 is 0. The number of hydrogen-bond acceptors (Lipinski definition) is 9. The van der Waals surface area contributed by atoms with Crippen molar-refractivity contribution in [3.8, 4) is 5.75 Å². The highest BCUT2D eigenvalue weighted by Gasteiger charge is 2.50. The molecule has 50 heavy (non-hydrogen) atoms. The van der Waals surface area contributed by atoms with Gasteiger partial charge < -0.3 is 34.5 Å². The fraction of sp³-hybridized carbons (Fsp3) is 0.421. The van der Waals surface area contributed by atoms with Gasteiger partial charge in [-0.15, -0.1) is 0 Å². The van der Waals surface area contributed by atoms with Crippen molar-refractivity contribution >= 4 is 13.8 Å². The number of nitrogens with one attached hydrogen (secondary N) is 1.